The molecule has 1 aliphatic carbocycles. The first-order valence-corrected chi connectivity index (χ1v) is 6.04. The highest BCUT2D eigenvalue weighted by molar-refractivity contribution is 5.92. The van der Waals surface area contributed by atoms with Gasteiger partial charge in [-0.15, -0.1) is 0 Å². The molecule has 17 heavy (non-hydrogen) atoms. The van der Waals surface area contributed by atoms with Crippen LogP contribution in [0.2, 0.25) is 0 Å². The molecule has 0 radical (unpaired) electrons. The Kier molecular flexibility index (Phi) is 3.09. The van der Waals surface area contributed by atoms with Crippen molar-refractivity contribution in [2.75, 3.05) is 7.11 Å². The Bertz CT molecular complexity index is 422. The number of hydrogen-bond donors (Lipinski definition) is 1. The molecule has 1 aromatic carbocycles. The van der Waals surface area contributed by atoms with E-state index in [1.807, 2.05) is 38.1 Å². The van der Waals surface area contributed by atoms with E-state index in [1.165, 1.54) is 0 Å². The van der Waals surface area contributed by atoms with Gasteiger partial charge in [0.15, 0.2) is 0 Å². The Morgan fingerprint density at radius 2 is 2.00 bits per heavy atom. The van der Waals surface area contributed by atoms with Crippen LogP contribution in [0.1, 0.15) is 32.3 Å². The number of para-hydroxylation sites is 1. The maximum atomic E-state index is 12.2. The number of amides is 1. The topological polar surface area (TPSA) is 38.3 Å². The average molecular weight is 233 g/mol. The van der Waals surface area contributed by atoms with Crippen LogP contribution in [-0.2, 0) is 10.2 Å². The second kappa shape index (κ2) is 4.40. The number of rotatable bonds is 4. The van der Waals surface area contributed by atoms with Gasteiger partial charge in [0, 0.05) is 11.6 Å². The van der Waals surface area contributed by atoms with Gasteiger partial charge in [-0.05, 0) is 32.8 Å². The van der Waals surface area contributed by atoms with Crippen molar-refractivity contribution in [2.45, 2.75) is 38.1 Å². The molecule has 1 aliphatic rings. The van der Waals surface area contributed by atoms with Crippen molar-refractivity contribution >= 4 is 5.91 Å². The molecule has 92 valence electrons. The van der Waals surface area contributed by atoms with E-state index in [9.17, 15) is 4.79 Å². The van der Waals surface area contributed by atoms with Gasteiger partial charge < -0.3 is 10.1 Å². The molecule has 3 heteroatoms. The lowest BCUT2D eigenvalue weighted by molar-refractivity contribution is -0.124. The smallest absolute Gasteiger partial charge is 0.230 e. The molecule has 1 fully saturated rings. The molecular formula is C14H19NO2. The lowest BCUT2D eigenvalue weighted by Gasteiger charge is -2.19. The van der Waals surface area contributed by atoms with Crippen LogP contribution in [0, 0.1) is 0 Å². The number of carbonyl (C=O) groups excluding carboxylic acids is 1. The molecule has 0 saturated heterocycles. The molecule has 1 aromatic rings. The number of methoxy groups -OCH3 is 1. The summed E-state index contributed by atoms with van der Waals surface area (Å²) in [5.74, 6) is 0.931. The molecule has 1 N–H and O–H groups in total. The zero-order chi connectivity index (χ0) is 12.5. The molecule has 0 aromatic heterocycles. The Morgan fingerprint density at radius 1 is 1.35 bits per heavy atom. The molecule has 0 spiro atoms. The largest absolute Gasteiger partial charge is 0.496 e. The van der Waals surface area contributed by atoms with Crippen LogP contribution >= 0.6 is 0 Å². The molecular weight excluding hydrogens is 214 g/mol. The summed E-state index contributed by atoms with van der Waals surface area (Å²) in [5.41, 5.74) is 0.664. The first-order valence-electron chi connectivity index (χ1n) is 6.04. The standard InChI is InChI=1S/C14H19NO2/c1-10(2)15-13(16)14(8-9-14)11-6-4-5-7-12(11)17-3/h4-7,10H,8-9H2,1-3H3,(H,15,16). The number of hydrogen-bond acceptors (Lipinski definition) is 2. The monoisotopic (exact) mass is 233 g/mol. The lowest BCUT2D eigenvalue weighted by Crippen LogP contribution is -2.39. The molecule has 0 atom stereocenters. The maximum Gasteiger partial charge on any atom is 0.230 e. The fraction of sp³-hybridized carbons (Fsp3) is 0.500. The van der Waals surface area contributed by atoms with E-state index in [1.54, 1.807) is 7.11 Å². The molecule has 0 aliphatic heterocycles. The second-order valence-corrected chi connectivity index (χ2v) is 4.91. The SMILES string of the molecule is COc1ccccc1C1(C(=O)NC(C)C)CC1. The van der Waals surface area contributed by atoms with Crippen molar-refractivity contribution < 1.29 is 9.53 Å². The number of benzene rings is 1. The molecule has 0 bridgehead atoms. The Morgan fingerprint density at radius 3 is 2.53 bits per heavy atom. The van der Waals surface area contributed by atoms with E-state index in [0.717, 1.165) is 24.2 Å². The zero-order valence-electron chi connectivity index (χ0n) is 10.6. The van der Waals surface area contributed by atoms with Crippen molar-refractivity contribution in [3.05, 3.63) is 29.8 Å². The lowest BCUT2D eigenvalue weighted by atomic mass is 9.93. The van der Waals surface area contributed by atoms with Gasteiger partial charge in [-0.2, -0.15) is 0 Å². The predicted molar refractivity (Wildman–Crippen MR) is 67.2 cm³/mol. The Hall–Kier alpha value is -1.51. The number of carbonyl (C=O) groups is 1. The van der Waals surface area contributed by atoms with Crippen LogP contribution in [0.4, 0.5) is 0 Å². The van der Waals surface area contributed by atoms with Gasteiger partial charge in [-0.25, -0.2) is 0 Å². The van der Waals surface area contributed by atoms with Crippen molar-refractivity contribution in [1.29, 1.82) is 0 Å². The Balaban J connectivity index is 2.29. The van der Waals surface area contributed by atoms with Crippen LogP contribution in [0.3, 0.4) is 0 Å². The summed E-state index contributed by atoms with van der Waals surface area (Å²) in [5, 5.41) is 3.00. The summed E-state index contributed by atoms with van der Waals surface area (Å²) in [6.07, 6.45) is 1.82. The van der Waals surface area contributed by atoms with E-state index in [4.69, 9.17) is 4.74 Å². The highest BCUT2D eigenvalue weighted by Gasteiger charge is 2.52. The zero-order valence-corrected chi connectivity index (χ0v) is 10.6. The van der Waals surface area contributed by atoms with Crippen LogP contribution in [-0.4, -0.2) is 19.1 Å². The summed E-state index contributed by atoms with van der Waals surface area (Å²) in [6.45, 7) is 3.96. The van der Waals surface area contributed by atoms with Crippen molar-refractivity contribution in [1.82, 2.24) is 5.32 Å². The van der Waals surface area contributed by atoms with Crippen LogP contribution in [0.25, 0.3) is 0 Å². The summed E-state index contributed by atoms with van der Waals surface area (Å²) < 4.78 is 5.35. The highest BCUT2D eigenvalue weighted by atomic mass is 16.5. The third-order valence-electron chi connectivity index (χ3n) is 3.23. The van der Waals surface area contributed by atoms with E-state index >= 15 is 0 Å². The van der Waals surface area contributed by atoms with Gasteiger partial charge in [0.25, 0.3) is 0 Å². The maximum absolute atomic E-state index is 12.2. The van der Waals surface area contributed by atoms with Crippen molar-refractivity contribution in [2.24, 2.45) is 0 Å². The summed E-state index contributed by atoms with van der Waals surface area (Å²) >= 11 is 0. The summed E-state index contributed by atoms with van der Waals surface area (Å²) in [4.78, 5) is 12.2. The summed E-state index contributed by atoms with van der Waals surface area (Å²) in [7, 11) is 1.65. The van der Waals surface area contributed by atoms with E-state index < -0.39 is 0 Å². The third-order valence-corrected chi connectivity index (χ3v) is 3.23. The Labute approximate surface area is 102 Å². The van der Waals surface area contributed by atoms with Crippen LogP contribution < -0.4 is 10.1 Å². The fourth-order valence-corrected chi connectivity index (χ4v) is 2.18. The number of nitrogens with one attached hydrogen (secondary N) is 1. The van der Waals surface area contributed by atoms with Gasteiger partial charge in [-0.3, -0.25) is 4.79 Å². The minimum absolute atomic E-state index is 0.122. The first-order chi connectivity index (χ1) is 8.10. The van der Waals surface area contributed by atoms with E-state index in [2.05, 4.69) is 5.32 Å². The van der Waals surface area contributed by atoms with Crippen molar-refractivity contribution in [3.63, 3.8) is 0 Å². The van der Waals surface area contributed by atoms with Gasteiger partial charge in [-0.1, -0.05) is 18.2 Å². The fourth-order valence-electron chi connectivity index (χ4n) is 2.18. The third kappa shape index (κ3) is 2.14. The molecule has 0 unspecified atom stereocenters. The van der Waals surface area contributed by atoms with Crippen LogP contribution in [0.15, 0.2) is 24.3 Å². The molecule has 1 amide bonds. The molecule has 2 rings (SSSR count). The molecule has 3 nitrogen and oxygen atoms in total. The van der Waals surface area contributed by atoms with Crippen molar-refractivity contribution in [3.8, 4) is 5.75 Å². The minimum Gasteiger partial charge on any atom is -0.496 e. The molecule has 0 heterocycles. The predicted octanol–water partition coefficient (Wildman–Crippen LogP) is 2.25. The van der Waals surface area contributed by atoms with Gasteiger partial charge >= 0.3 is 0 Å². The average Bonchev–Trinajstić information content (AvgIpc) is 3.09. The van der Waals surface area contributed by atoms with E-state index in [-0.39, 0.29) is 17.4 Å². The summed E-state index contributed by atoms with van der Waals surface area (Å²) in [6, 6.07) is 7.97. The van der Waals surface area contributed by atoms with Gasteiger partial charge in [0.2, 0.25) is 5.91 Å². The van der Waals surface area contributed by atoms with E-state index in [0.29, 0.717) is 0 Å². The number of ether oxygens (including phenoxy) is 1. The molecule has 1 saturated carbocycles. The first kappa shape index (κ1) is 12.0. The quantitative estimate of drug-likeness (QED) is 0.866. The highest BCUT2D eigenvalue weighted by Crippen LogP contribution is 2.51. The normalized spacial score (nSPS) is 16.7. The second-order valence-electron chi connectivity index (χ2n) is 4.91. The van der Waals surface area contributed by atoms with Gasteiger partial charge in [0.05, 0.1) is 12.5 Å². The van der Waals surface area contributed by atoms with Gasteiger partial charge in [0.1, 0.15) is 5.75 Å². The van der Waals surface area contributed by atoms with Crippen LogP contribution in [0.5, 0.6) is 5.75 Å². The minimum atomic E-state index is -0.350.